The average molecular weight is 390 g/mol. The minimum absolute atomic E-state index is 0.163. The molecular weight excluding hydrogens is 371 g/mol. The third-order valence-corrected chi connectivity index (χ3v) is 6.20. The van der Waals surface area contributed by atoms with Crippen LogP contribution in [-0.4, -0.2) is 34.6 Å². The number of fused-ring (bicyclic) bond motifs is 5. The second kappa shape index (κ2) is 6.46. The van der Waals surface area contributed by atoms with Gasteiger partial charge in [0.25, 0.3) is 0 Å². The predicted octanol–water partition coefficient (Wildman–Crippen LogP) is 2.63. The van der Waals surface area contributed by atoms with E-state index >= 15 is 0 Å². The first-order valence-corrected chi connectivity index (χ1v) is 9.63. The zero-order chi connectivity index (χ0) is 20.3. The molecule has 29 heavy (non-hydrogen) atoms. The number of benzene rings is 2. The largest absolute Gasteiger partial charge is 0.293 e. The van der Waals surface area contributed by atoms with Gasteiger partial charge in [-0.1, -0.05) is 36.4 Å². The predicted molar refractivity (Wildman–Crippen MR) is 104 cm³/mol. The van der Waals surface area contributed by atoms with E-state index in [2.05, 4.69) is 0 Å². The Balaban J connectivity index is 1.51. The number of imide groups is 1. The topological polar surface area (TPSA) is 57.7 Å². The van der Waals surface area contributed by atoms with E-state index in [-0.39, 0.29) is 29.5 Å². The minimum Gasteiger partial charge on any atom is -0.293 e. The molecule has 3 heterocycles. The molecule has 2 amide bonds. The van der Waals surface area contributed by atoms with Gasteiger partial charge in [-0.15, -0.1) is 0 Å². The van der Waals surface area contributed by atoms with Gasteiger partial charge in [0.15, 0.2) is 5.78 Å². The number of rotatable bonds is 3. The van der Waals surface area contributed by atoms with E-state index in [1.54, 1.807) is 49.4 Å². The number of hydrogen-bond donors (Lipinski definition) is 0. The lowest BCUT2D eigenvalue weighted by molar-refractivity contribution is -0.129. The molecule has 1 unspecified atom stereocenters. The van der Waals surface area contributed by atoms with E-state index in [9.17, 15) is 18.8 Å². The average Bonchev–Trinajstić information content (AvgIpc) is 3.09. The SMILES string of the molecule is Cc1cc(CN2[C@@H]3C(=O)C=C[C@H]2[C@@H]2C(=O)N(c4ccccc4)C(=O)C23)ccc1F. The van der Waals surface area contributed by atoms with E-state index in [1.807, 2.05) is 11.0 Å². The van der Waals surface area contributed by atoms with Gasteiger partial charge in [0.2, 0.25) is 11.8 Å². The molecule has 2 aromatic rings. The molecule has 0 aliphatic carbocycles. The van der Waals surface area contributed by atoms with Crippen LogP contribution in [0.3, 0.4) is 0 Å². The summed E-state index contributed by atoms with van der Waals surface area (Å²) in [6, 6.07) is 12.6. The normalized spacial score (nSPS) is 28.3. The number of carbonyl (C=O) groups excluding carboxylic acids is 3. The summed E-state index contributed by atoms with van der Waals surface area (Å²) in [7, 11) is 0. The minimum atomic E-state index is -0.697. The molecule has 5 nitrogen and oxygen atoms in total. The molecular formula is C23H19FN2O3. The Labute approximate surface area is 167 Å². The summed E-state index contributed by atoms with van der Waals surface area (Å²) in [6.45, 7) is 2.07. The monoisotopic (exact) mass is 390 g/mol. The molecule has 0 N–H and O–H groups in total. The quantitative estimate of drug-likeness (QED) is 0.756. The van der Waals surface area contributed by atoms with Crippen LogP contribution in [0.4, 0.5) is 10.1 Å². The van der Waals surface area contributed by atoms with Crippen LogP contribution < -0.4 is 4.90 Å². The van der Waals surface area contributed by atoms with Crippen LogP contribution in [0.2, 0.25) is 0 Å². The molecule has 3 aliphatic heterocycles. The molecule has 5 rings (SSSR count). The lowest BCUT2D eigenvalue weighted by Crippen LogP contribution is -2.48. The highest BCUT2D eigenvalue weighted by Crippen LogP contribution is 2.47. The van der Waals surface area contributed by atoms with Gasteiger partial charge in [-0.3, -0.25) is 19.3 Å². The highest BCUT2D eigenvalue weighted by atomic mass is 19.1. The van der Waals surface area contributed by atoms with Gasteiger partial charge in [0.1, 0.15) is 5.82 Å². The van der Waals surface area contributed by atoms with Gasteiger partial charge in [0, 0.05) is 12.6 Å². The number of ketones is 1. The molecule has 4 atom stereocenters. The van der Waals surface area contributed by atoms with Crippen LogP contribution in [0.1, 0.15) is 11.1 Å². The Morgan fingerprint density at radius 2 is 1.69 bits per heavy atom. The third kappa shape index (κ3) is 2.59. The molecule has 0 saturated carbocycles. The molecule has 0 aromatic heterocycles. The van der Waals surface area contributed by atoms with Crippen LogP contribution in [0.15, 0.2) is 60.7 Å². The van der Waals surface area contributed by atoms with Crippen molar-refractivity contribution >= 4 is 23.3 Å². The number of hydrogen-bond acceptors (Lipinski definition) is 4. The Kier molecular flexibility index (Phi) is 3.99. The molecule has 6 heteroatoms. The molecule has 2 saturated heterocycles. The van der Waals surface area contributed by atoms with E-state index in [1.165, 1.54) is 17.0 Å². The second-order valence-electron chi connectivity index (χ2n) is 7.85. The van der Waals surface area contributed by atoms with Crippen LogP contribution >= 0.6 is 0 Å². The Hall–Kier alpha value is -3.12. The highest BCUT2D eigenvalue weighted by Gasteiger charge is 2.64. The van der Waals surface area contributed by atoms with Gasteiger partial charge in [-0.2, -0.15) is 0 Å². The van der Waals surface area contributed by atoms with Gasteiger partial charge in [0.05, 0.1) is 23.6 Å². The van der Waals surface area contributed by atoms with Crippen molar-refractivity contribution in [1.82, 2.24) is 4.90 Å². The van der Waals surface area contributed by atoms with Crippen LogP contribution in [0, 0.1) is 24.6 Å². The number of anilines is 1. The second-order valence-corrected chi connectivity index (χ2v) is 7.85. The first kappa shape index (κ1) is 17.9. The summed E-state index contributed by atoms with van der Waals surface area (Å²) < 4.78 is 13.6. The van der Waals surface area contributed by atoms with Crippen LogP contribution in [-0.2, 0) is 20.9 Å². The van der Waals surface area contributed by atoms with E-state index in [0.29, 0.717) is 17.8 Å². The maximum atomic E-state index is 13.6. The summed E-state index contributed by atoms with van der Waals surface area (Å²) in [5.41, 5.74) is 1.91. The van der Waals surface area contributed by atoms with Crippen molar-refractivity contribution in [2.24, 2.45) is 11.8 Å². The highest BCUT2D eigenvalue weighted by molar-refractivity contribution is 6.24. The van der Waals surface area contributed by atoms with Crippen molar-refractivity contribution in [3.63, 3.8) is 0 Å². The number of para-hydroxylation sites is 1. The zero-order valence-electron chi connectivity index (χ0n) is 15.8. The maximum Gasteiger partial charge on any atom is 0.239 e. The van der Waals surface area contributed by atoms with E-state index < -0.39 is 17.9 Å². The lowest BCUT2D eigenvalue weighted by atomic mass is 9.90. The summed E-state index contributed by atoms with van der Waals surface area (Å²) in [5.74, 6) is -2.32. The van der Waals surface area contributed by atoms with Crippen molar-refractivity contribution in [3.05, 3.63) is 77.6 Å². The van der Waals surface area contributed by atoms with Crippen molar-refractivity contribution < 1.29 is 18.8 Å². The standard InChI is InChI=1S/C23H19FN2O3/c1-13-11-14(7-8-16(13)24)12-25-17-9-10-18(27)21(25)20-19(17)22(28)26(23(20)29)15-5-3-2-4-6-15/h2-11,17,19-21H,12H2,1H3/t17-,19-,20?,21+/m0/s1. The van der Waals surface area contributed by atoms with Crippen LogP contribution in [0.5, 0.6) is 0 Å². The van der Waals surface area contributed by atoms with E-state index in [4.69, 9.17) is 0 Å². The fourth-order valence-corrected chi connectivity index (χ4v) is 4.92. The van der Waals surface area contributed by atoms with E-state index in [0.717, 1.165) is 5.56 Å². The van der Waals surface area contributed by atoms with Crippen molar-refractivity contribution in [2.45, 2.75) is 25.6 Å². The smallest absolute Gasteiger partial charge is 0.239 e. The molecule has 0 radical (unpaired) electrons. The Morgan fingerprint density at radius 3 is 2.41 bits per heavy atom. The Bertz CT molecular complexity index is 1070. The van der Waals surface area contributed by atoms with Gasteiger partial charge >= 0.3 is 0 Å². The summed E-state index contributed by atoms with van der Waals surface area (Å²) in [6.07, 6.45) is 3.23. The lowest BCUT2D eigenvalue weighted by Gasteiger charge is -2.33. The fraction of sp³-hybridized carbons (Fsp3) is 0.261. The first-order valence-electron chi connectivity index (χ1n) is 9.63. The van der Waals surface area contributed by atoms with Gasteiger partial charge < -0.3 is 0 Å². The summed E-state index contributed by atoms with van der Waals surface area (Å²) in [5, 5.41) is 0. The number of aryl methyl sites for hydroxylation is 1. The van der Waals surface area contributed by atoms with Crippen molar-refractivity contribution in [2.75, 3.05) is 4.90 Å². The van der Waals surface area contributed by atoms with Gasteiger partial charge in [-0.05, 0) is 42.3 Å². The Morgan fingerprint density at radius 1 is 0.966 bits per heavy atom. The number of carbonyl (C=O) groups is 3. The molecule has 2 aromatic carbocycles. The van der Waals surface area contributed by atoms with Crippen LogP contribution in [0.25, 0.3) is 0 Å². The number of halogens is 1. The third-order valence-electron chi connectivity index (χ3n) is 6.20. The number of nitrogens with zero attached hydrogens (tertiary/aromatic N) is 2. The van der Waals surface area contributed by atoms with Gasteiger partial charge in [-0.25, -0.2) is 9.29 Å². The summed E-state index contributed by atoms with van der Waals surface area (Å²) in [4.78, 5) is 42.3. The molecule has 3 aliphatic rings. The molecule has 146 valence electrons. The molecule has 2 fully saturated rings. The first-order chi connectivity index (χ1) is 14.0. The molecule has 0 spiro atoms. The molecule has 2 bridgehead atoms. The number of amides is 2. The summed E-state index contributed by atoms with van der Waals surface area (Å²) >= 11 is 0. The van der Waals surface area contributed by atoms with Crippen molar-refractivity contribution in [3.8, 4) is 0 Å². The van der Waals surface area contributed by atoms with Crippen molar-refractivity contribution in [1.29, 1.82) is 0 Å². The maximum absolute atomic E-state index is 13.6. The fourth-order valence-electron chi connectivity index (χ4n) is 4.92. The zero-order valence-corrected chi connectivity index (χ0v) is 15.8.